The van der Waals surface area contributed by atoms with Gasteiger partial charge >= 0.3 is 214 Å². The van der Waals surface area contributed by atoms with Gasteiger partial charge in [-0.15, -0.1) is 0 Å². The minimum absolute atomic E-state index is 0. The number of hydrogen-bond donors (Lipinski definition) is 0. The maximum absolute atomic E-state index is 6.54. The van der Waals surface area contributed by atoms with E-state index in [2.05, 4.69) is 106 Å². The van der Waals surface area contributed by atoms with Crippen molar-refractivity contribution in [2.24, 2.45) is 7.05 Å². The molecule has 5 aromatic rings. The van der Waals surface area contributed by atoms with E-state index < -0.39 is 19.7 Å². The Kier molecular flexibility index (Phi) is 6.83. The maximum atomic E-state index is 6.54. The third kappa shape index (κ3) is 3.63. The molecule has 35 heavy (non-hydrogen) atoms. The second-order valence-corrected chi connectivity index (χ2v) is 16.5. The van der Waals surface area contributed by atoms with Gasteiger partial charge in [-0.05, 0) is 0 Å². The van der Waals surface area contributed by atoms with Crippen LogP contribution in [0.5, 0.6) is 0 Å². The van der Waals surface area contributed by atoms with E-state index in [1.165, 1.54) is 66.6 Å². The largest absolute Gasteiger partial charge is 1.00 e. The van der Waals surface area contributed by atoms with Crippen molar-refractivity contribution < 1.29 is 44.5 Å². The van der Waals surface area contributed by atoms with Gasteiger partial charge in [-0.25, -0.2) is 0 Å². The minimum Gasteiger partial charge on any atom is -1.00 e. The maximum Gasteiger partial charge on any atom is -1.00 e. The van der Waals surface area contributed by atoms with E-state index in [4.69, 9.17) is 8.86 Å². The molecule has 0 saturated heterocycles. The molecule has 0 N–H and O–H groups in total. The first-order valence-corrected chi connectivity index (χ1v) is 17.9. The molecule has 1 nitrogen and oxygen atoms in total. The average molecular weight is 657 g/mol. The van der Waals surface area contributed by atoms with Crippen molar-refractivity contribution in [2.45, 2.75) is 12.8 Å². The summed E-state index contributed by atoms with van der Waals surface area (Å²) in [7, 11) is 8.75. The fraction of sp³-hybridized carbons (Fsp3) is 0.103. The Hall–Kier alpha value is -1.42. The fourth-order valence-corrected chi connectivity index (χ4v) is 15.1. The van der Waals surface area contributed by atoms with Gasteiger partial charge in [0.1, 0.15) is 0 Å². The summed E-state index contributed by atoms with van der Waals surface area (Å²) in [5, 5.41) is 1.35. The SMILES string of the molecule is Cn1c2c(c3ccccc31)-c1ccc(Br)[c]([Zr+2](=[S])[c]3cccc4c3-c3ccccc3C4)c1C2.[Cl-].[Cl-]. The van der Waals surface area contributed by atoms with Crippen molar-refractivity contribution >= 4 is 42.2 Å². The topological polar surface area (TPSA) is 4.93 Å². The molecule has 4 aromatic carbocycles. The summed E-state index contributed by atoms with van der Waals surface area (Å²) >= 11 is 1.35. The van der Waals surface area contributed by atoms with Crippen LogP contribution in [-0.4, -0.2) is 4.57 Å². The Morgan fingerprint density at radius 3 is 2.37 bits per heavy atom. The normalized spacial score (nSPS) is 12.0. The molecule has 1 aromatic heterocycles. The van der Waals surface area contributed by atoms with Gasteiger partial charge < -0.3 is 24.8 Å². The molecule has 0 saturated carbocycles. The van der Waals surface area contributed by atoms with Gasteiger partial charge in [-0.1, -0.05) is 0 Å². The Labute approximate surface area is 237 Å². The quantitative estimate of drug-likeness (QED) is 0.267. The van der Waals surface area contributed by atoms with Gasteiger partial charge in [0.05, 0.1) is 0 Å². The van der Waals surface area contributed by atoms with Crippen molar-refractivity contribution in [1.82, 2.24) is 4.57 Å². The van der Waals surface area contributed by atoms with E-state index in [1.54, 1.807) is 0 Å². The first kappa shape index (κ1) is 25.2. The summed E-state index contributed by atoms with van der Waals surface area (Å²) in [5.41, 5.74) is 12.7. The molecule has 0 bridgehead atoms. The van der Waals surface area contributed by atoms with Gasteiger partial charge in [-0.3, -0.25) is 0 Å². The third-order valence-electron chi connectivity index (χ3n) is 7.39. The van der Waals surface area contributed by atoms with E-state index >= 15 is 0 Å². The van der Waals surface area contributed by atoms with E-state index in [0.29, 0.717) is 0 Å². The molecule has 0 unspecified atom stereocenters. The summed E-state index contributed by atoms with van der Waals surface area (Å²) in [4.78, 5) is 0. The number of halogens is 3. The number of nitrogens with zero attached hydrogens (tertiary/aromatic N) is 1. The number of para-hydroxylation sites is 1. The summed E-state index contributed by atoms with van der Waals surface area (Å²) in [6.45, 7) is 0. The average Bonchev–Trinajstić information content (AvgIpc) is 3.49. The zero-order valence-electron chi connectivity index (χ0n) is 18.9. The van der Waals surface area contributed by atoms with Gasteiger partial charge in [-0.2, -0.15) is 0 Å². The monoisotopic (exact) mass is 653 g/mol. The second kappa shape index (κ2) is 9.47. The predicted octanol–water partition coefficient (Wildman–Crippen LogP) is 0.773. The van der Waals surface area contributed by atoms with Crippen molar-refractivity contribution in [3.8, 4) is 22.3 Å². The molecule has 1 heterocycles. The third-order valence-corrected chi connectivity index (χ3v) is 16.2. The van der Waals surface area contributed by atoms with Crippen LogP contribution in [0.1, 0.15) is 22.4 Å². The van der Waals surface area contributed by atoms with Crippen LogP contribution in [0, 0.1) is 0 Å². The minimum atomic E-state index is -2.59. The smallest absolute Gasteiger partial charge is 1.00 e. The molecule has 0 fully saturated rings. The van der Waals surface area contributed by atoms with Crippen LogP contribution in [0.4, 0.5) is 0 Å². The van der Waals surface area contributed by atoms with Crippen molar-refractivity contribution in [1.29, 1.82) is 0 Å². The molecule has 2 aliphatic rings. The summed E-state index contributed by atoms with van der Waals surface area (Å²) in [6, 6.07) is 29.0. The Bertz CT molecular complexity index is 1670. The van der Waals surface area contributed by atoms with Gasteiger partial charge in [0.2, 0.25) is 0 Å². The van der Waals surface area contributed by atoms with Crippen molar-refractivity contribution in [2.75, 3.05) is 0 Å². The number of benzene rings is 4. The van der Waals surface area contributed by atoms with Crippen LogP contribution in [0.15, 0.2) is 83.3 Å². The van der Waals surface area contributed by atoms with Crippen LogP contribution >= 0.6 is 24.8 Å². The Balaban J connectivity index is 0.00000127. The fourth-order valence-electron chi connectivity index (χ4n) is 5.92. The first-order valence-electron chi connectivity index (χ1n) is 11.3. The van der Waals surface area contributed by atoms with Gasteiger partial charge in [0, 0.05) is 0 Å². The second-order valence-electron chi connectivity index (χ2n) is 9.03. The number of fused-ring (bicyclic) bond motifs is 8. The van der Waals surface area contributed by atoms with Crippen molar-refractivity contribution in [3.05, 3.63) is 106 Å². The van der Waals surface area contributed by atoms with E-state index in [9.17, 15) is 0 Å². The van der Waals surface area contributed by atoms with Crippen molar-refractivity contribution in [3.63, 3.8) is 0 Å². The molecule has 0 amide bonds. The molecule has 0 radical (unpaired) electrons. The van der Waals surface area contributed by atoms with Crippen LogP contribution in [0.25, 0.3) is 33.2 Å². The number of aromatic nitrogens is 1. The van der Waals surface area contributed by atoms with Crippen LogP contribution < -0.4 is 31.4 Å². The number of aryl methyl sites for hydroxylation is 1. The summed E-state index contributed by atoms with van der Waals surface area (Å²) in [6.07, 6.45) is 1.99. The molecule has 0 spiro atoms. The summed E-state index contributed by atoms with van der Waals surface area (Å²) in [5.74, 6) is 0. The zero-order chi connectivity index (χ0) is 22.3. The molecule has 7 rings (SSSR count). The van der Waals surface area contributed by atoms with Crippen LogP contribution in [0.3, 0.4) is 0 Å². The van der Waals surface area contributed by atoms with E-state index in [0.717, 1.165) is 12.8 Å². The number of rotatable bonds is 2. The standard InChI is InChI=1S/C16H11BrN.C13H9.2ClH.S.Zr/c1-18-14-5-3-2-4-13(14)16-12-7-6-11(17)8-10(12)9-15(16)18;1-3-7-12-10(5-1)9-11-6-2-4-8-13(11)12;;;;/h2-7H,9H2,1H3;1-7H,9H2;2*1H;;/q;;;;;+2/p-2. The number of hydrogen-bond acceptors (Lipinski definition) is 1. The zero-order valence-corrected chi connectivity index (χ0v) is 25.3. The first-order chi connectivity index (χ1) is 16.1. The van der Waals surface area contributed by atoms with Crippen LogP contribution in [-0.2, 0) is 39.6 Å². The molecular formula is C29H20BrCl2NSZr. The molecule has 6 heteroatoms. The van der Waals surface area contributed by atoms with Gasteiger partial charge in [0.25, 0.3) is 0 Å². The van der Waals surface area contributed by atoms with E-state index in [-0.39, 0.29) is 24.8 Å². The molecule has 172 valence electrons. The van der Waals surface area contributed by atoms with E-state index in [1.807, 2.05) is 0 Å². The Morgan fingerprint density at radius 2 is 1.51 bits per heavy atom. The Morgan fingerprint density at radius 1 is 0.771 bits per heavy atom. The molecular weight excluding hydrogens is 636 g/mol. The van der Waals surface area contributed by atoms with Gasteiger partial charge in [0.15, 0.2) is 0 Å². The predicted molar refractivity (Wildman–Crippen MR) is 140 cm³/mol. The molecule has 2 aliphatic carbocycles. The molecule has 0 atom stereocenters. The molecule has 0 aliphatic heterocycles. The summed E-state index contributed by atoms with van der Waals surface area (Å²) < 4.78 is 6.48. The van der Waals surface area contributed by atoms with Crippen LogP contribution in [0.2, 0.25) is 0 Å².